The van der Waals surface area contributed by atoms with Gasteiger partial charge < -0.3 is 14.5 Å². The van der Waals surface area contributed by atoms with E-state index in [1.54, 1.807) is 6.20 Å². The third-order valence-electron chi connectivity index (χ3n) is 6.12. The highest BCUT2D eigenvalue weighted by Crippen LogP contribution is 2.33. The molecular formula is C25H32N4O2. The van der Waals surface area contributed by atoms with E-state index in [2.05, 4.69) is 22.9 Å². The molecule has 1 aromatic carbocycles. The Labute approximate surface area is 185 Å². The summed E-state index contributed by atoms with van der Waals surface area (Å²) in [6.07, 6.45) is 4.40. The van der Waals surface area contributed by atoms with Gasteiger partial charge in [-0.15, -0.1) is 0 Å². The van der Waals surface area contributed by atoms with Gasteiger partial charge in [-0.2, -0.15) is 5.26 Å². The number of rotatable bonds is 4. The minimum absolute atomic E-state index is 0. The van der Waals surface area contributed by atoms with Crippen LogP contribution in [-0.2, 0) is 11.2 Å². The number of aromatic nitrogens is 1. The minimum atomic E-state index is -0.245. The molecule has 6 nitrogen and oxygen atoms in total. The highest BCUT2D eigenvalue weighted by molar-refractivity contribution is 5.94. The average Bonchev–Trinajstić information content (AvgIpc) is 2.79. The zero-order valence-electron chi connectivity index (χ0n) is 17.5. The Morgan fingerprint density at radius 1 is 1.23 bits per heavy atom. The van der Waals surface area contributed by atoms with Crippen LogP contribution in [0.4, 0.5) is 0 Å². The summed E-state index contributed by atoms with van der Waals surface area (Å²) in [5.41, 5.74) is 2.10. The summed E-state index contributed by atoms with van der Waals surface area (Å²) in [6.45, 7) is 6.22. The Morgan fingerprint density at radius 3 is 2.61 bits per heavy atom. The lowest BCUT2D eigenvalue weighted by atomic mass is 9.88. The number of morpholine rings is 1. The molecule has 2 aliphatic heterocycles. The van der Waals surface area contributed by atoms with Crippen molar-refractivity contribution < 1.29 is 9.53 Å². The Hall–Kier alpha value is -2.75. The molecule has 1 aromatic heterocycles. The predicted octanol–water partition coefficient (Wildman–Crippen LogP) is 3.53. The van der Waals surface area contributed by atoms with Crippen LogP contribution < -0.4 is 0 Å². The fraction of sp³-hybridized carbons (Fsp3) is 0.480. The lowest BCUT2D eigenvalue weighted by molar-refractivity contribution is -0.161. The van der Waals surface area contributed by atoms with Crippen LogP contribution in [0.25, 0.3) is 0 Å². The van der Waals surface area contributed by atoms with Gasteiger partial charge in [-0.3, -0.25) is 9.78 Å². The quantitative estimate of drug-likeness (QED) is 0.757. The van der Waals surface area contributed by atoms with Crippen LogP contribution in [0.5, 0.6) is 0 Å². The molecule has 1 unspecified atom stereocenters. The molecule has 31 heavy (non-hydrogen) atoms. The maximum atomic E-state index is 13.0. The van der Waals surface area contributed by atoms with Crippen molar-refractivity contribution in [2.75, 3.05) is 32.7 Å². The molecule has 2 aliphatic rings. The number of carbonyl (C=O) groups excluding carboxylic acids is 1. The van der Waals surface area contributed by atoms with E-state index in [-0.39, 0.29) is 25.0 Å². The van der Waals surface area contributed by atoms with Gasteiger partial charge in [-0.05, 0) is 44.0 Å². The highest BCUT2D eigenvalue weighted by atomic mass is 16.5. The number of pyridine rings is 1. The molecule has 0 saturated carbocycles. The molecular weight excluding hydrogens is 388 g/mol. The number of piperidine rings is 1. The number of hydrogen-bond donors (Lipinski definition) is 0. The third-order valence-corrected chi connectivity index (χ3v) is 6.12. The lowest BCUT2D eigenvalue weighted by Gasteiger charge is -2.49. The summed E-state index contributed by atoms with van der Waals surface area (Å²) in [7, 11) is 0. The number of ether oxygens (including phenoxy) is 1. The SMILES string of the molecule is C.CC1CN(C(=O)c2ccccc2)CC2(CCN(CCc3ccc(C#N)cn3)CC2)O1. The predicted molar refractivity (Wildman–Crippen MR) is 121 cm³/mol. The van der Waals surface area contributed by atoms with Gasteiger partial charge in [0.25, 0.3) is 5.91 Å². The monoisotopic (exact) mass is 420 g/mol. The zero-order chi connectivity index (χ0) is 21.0. The van der Waals surface area contributed by atoms with E-state index < -0.39 is 0 Å². The van der Waals surface area contributed by atoms with E-state index in [1.807, 2.05) is 47.4 Å². The first-order valence-corrected chi connectivity index (χ1v) is 10.7. The van der Waals surface area contributed by atoms with Crippen molar-refractivity contribution in [3.8, 4) is 6.07 Å². The van der Waals surface area contributed by atoms with E-state index in [1.165, 1.54) is 0 Å². The van der Waals surface area contributed by atoms with Crippen molar-refractivity contribution in [1.82, 2.24) is 14.8 Å². The standard InChI is InChI=1S/C24H28N4O2.CH4/c1-19-17-28(23(29)21-5-3-2-4-6-21)18-24(30-19)10-13-27(14-11-24)12-9-22-8-7-20(15-25)16-26-22;/h2-8,16,19H,9-14,17-18H2,1H3;1H4. The fourth-order valence-corrected chi connectivity index (χ4v) is 4.51. The number of hydrogen-bond acceptors (Lipinski definition) is 5. The van der Waals surface area contributed by atoms with Crippen LogP contribution >= 0.6 is 0 Å². The first kappa shape index (κ1) is 22.9. The van der Waals surface area contributed by atoms with Crippen LogP contribution in [0.3, 0.4) is 0 Å². The van der Waals surface area contributed by atoms with Crippen LogP contribution in [0.2, 0.25) is 0 Å². The number of nitriles is 1. The van der Waals surface area contributed by atoms with Crippen molar-refractivity contribution in [2.45, 2.75) is 45.3 Å². The van der Waals surface area contributed by atoms with E-state index in [9.17, 15) is 4.79 Å². The van der Waals surface area contributed by atoms with Gasteiger partial charge >= 0.3 is 0 Å². The number of carbonyl (C=O) groups is 1. The maximum absolute atomic E-state index is 13.0. The summed E-state index contributed by atoms with van der Waals surface area (Å²) in [4.78, 5) is 21.8. The van der Waals surface area contributed by atoms with Gasteiger partial charge in [0, 0.05) is 50.1 Å². The normalized spacial score (nSPS) is 20.6. The number of likely N-dealkylation sites (tertiary alicyclic amines) is 1. The summed E-state index contributed by atoms with van der Waals surface area (Å²) < 4.78 is 6.40. The first-order valence-electron chi connectivity index (χ1n) is 10.7. The summed E-state index contributed by atoms with van der Waals surface area (Å²) >= 11 is 0. The summed E-state index contributed by atoms with van der Waals surface area (Å²) in [5.74, 6) is 0.0967. The molecule has 2 fully saturated rings. The average molecular weight is 421 g/mol. The molecule has 3 heterocycles. The molecule has 2 saturated heterocycles. The second-order valence-corrected chi connectivity index (χ2v) is 8.40. The van der Waals surface area contributed by atoms with Crippen molar-refractivity contribution >= 4 is 5.91 Å². The van der Waals surface area contributed by atoms with Gasteiger partial charge in [-0.1, -0.05) is 25.6 Å². The van der Waals surface area contributed by atoms with E-state index in [0.717, 1.165) is 50.2 Å². The Bertz CT molecular complexity index is 899. The van der Waals surface area contributed by atoms with Crippen LogP contribution in [0, 0.1) is 11.3 Å². The minimum Gasteiger partial charge on any atom is -0.368 e. The van der Waals surface area contributed by atoms with Gasteiger partial charge in [0.15, 0.2) is 0 Å². The van der Waals surface area contributed by atoms with Crippen LogP contribution in [-0.4, -0.2) is 65.1 Å². The molecule has 6 heteroatoms. The van der Waals surface area contributed by atoms with E-state index >= 15 is 0 Å². The molecule has 0 bridgehead atoms. The molecule has 2 aromatic rings. The van der Waals surface area contributed by atoms with E-state index in [4.69, 9.17) is 10.00 Å². The molecule has 1 spiro atoms. The molecule has 0 aliphatic carbocycles. The van der Waals surface area contributed by atoms with E-state index in [0.29, 0.717) is 18.7 Å². The topological polar surface area (TPSA) is 69.5 Å². The molecule has 1 atom stereocenters. The van der Waals surface area contributed by atoms with Gasteiger partial charge in [0.05, 0.1) is 23.8 Å². The zero-order valence-corrected chi connectivity index (χ0v) is 17.5. The largest absolute Gasteiger partial charge is 0.368 e. The van der Waals surface area contributed by atoms with Gasteiger partial charge in [-0.25, -0.2) is 0 Å². The van der Waals surface area contributed by atoms with Crippen LogP contribution in [0.15, 0.2) is 48.7 Å². The first-order chi connectivity index (χ1) is 14.6. The van der Waals surface area contributed by atoms with Crippen molar-refractivity contribution in [3.63, 3.8) is 0 Å². The smallest absolute Gasteiger partial charge is 0.254 e. The Morgan fingerprint density at radius 2 is 1.97 bits per heavy atom. The summed E-state index contributed by atoms with van der Waals surface area (Å²) in [6, 6.07) is 15.4. The Kier molecular flexibility index (Phi) is 7.42. The lowest BCUT2D eigenvalue weighted by Crippen LogP contribution is -2.60. The summed E-state index contributed by atoms with van der Waals surface area (Å²) in [5, 5.41) is 8.88. The maximum Gasteiger partial charge on any atom is 0.254 e. The molecule has 1 amide bonds. The molecule has 164 valence electrons. The number of amides is 1. The molecule has 0 radical (unpaired) electrons. The van der Waals surface area contributed by atoms with Gasteiger partial charge in [0.2, 0.25) is 0 Å². The van der Waals surface area contributed by atoms with Gasteiger partial charge in [0.1, 0.15) is 6.07 Å². The number of benzene rings is 1. The third kappa shape index (κ3) is 5.49. The number of nitrogens with zero attached hydrogens (tertiary/aromatic N) is 4. The molecule has 0 N–H and O–H groups in total. The van der Waals surface area contributed by atoms with Crippen molar-refractivity contribution in [3.05, 3.63) is 65.5 Å². The Balaban J connectivity index is 0.00000272. The highest BCUT2D eigenvalue weighted by Gasteiger charge is 2.43. The molecule has 4 rings (SSSR count). The second kappa shape index (κ2) is 10.0. The van der Waals surface area contributed by atoms with Crippen LogP contribution in [0.1, 0.15) is 48.8 Å². The second-order valence-electron chi connectivity index (χ2n) is 8.40. The van der Waals surface area contributed by atoms with Crippen molar-refractivity contribution in [2.24, 2.45) is 0 Å². The fourth-order valence-electron chi connectivity index (χ4n) is 4.51. The van der Waals surface area contributed by atoms with Crippen molar-refractivity contribution in [1.29, 1.82) is 5.26 Å².